The van der Waals surface area contributed by atoms with E-state index in [0.717, 1.165) is 35.0 Å². The molecule has 1 unspecified atom stereocenters. The summed E-state index contributed by atoms with van der Waals surface area (Å²) in [7, 11) is 0. The number of carbonyl (C=O) groups is 2. The second-order valence-corrected chi connectivity index (χ2v) is 6.96. The summed E-state index contributed by atoms with van der Waals surface area (Å²) in [5.41, 5.74) is 2.45. The number of anilines is 1. The highest BCUT2D eigenvalue weighted by atomic mass is 16.2. The summed E-state index contributed by atoms with van der Waals surface area (Å²) in [5, 5.41) is 5.39. The first kappa shape index (κ1) is 17.3. The van der Waals surface area contributed by atoms with Crippen LogP contribution in [0.4, 0.5) is 5.69 Å². The Morgan fingerprint density at radius 2 is 1.81 bits per heavy atom. The van der Waals surface area contributed by atoms with Crippen molar-refractivity contribution in [1.29, 1.82) is 0 Å². The van der Waals surface area contributed by atoms with Crippen molar-refractivity contribution in [3.05, 3.63) is 77.9 Å². The fourth-order valence-electron chi connectivity index (χ4n) is 3.72. The molecule has 3 aromatic carbocycles. The van der Waals surface area contributed by atoms with Crippen LogP contribution in [0.15, 0.2) is 66.7 Å². The first-order valence-electron chi connectivity index (χ1n) is 9.32. The topological polar surface area (TPSA) is 49.4 Å². The molecule has 4 nitrogen and oxygen atoms in total. The largest absolute Gasteiger partial charge is 0.345 e. The van der Waals surface area contributed by atoms with Gasteiger partial charge in [-0.05, 0) is 47.9 Å². The maximum atomic E-state index is 12.8. The lowest BCUT2D eigenvalue weighted by Gasteiger charge is -2.19. The number of rotatable bonds is 4. The van der Waals surface area contributed by atoms with Gasteiger partial charge in [0.1, 0.15) is 0 Å². The number of nitrogens with zero attached hydrogens (tertiary/aromatic N) is 1. The molecule has 0 bridgehead atoms. The third-order valence-corrected chi connectivity index (χ3v) is 5.13. The molecule has 0 spiro atoms. The highest BCUT2D eigenvalue weighted by Gasteiger charge is 2.22. The van der Waals surface area contributed by atoms with Gasteiger partial charge in [-0.15, -0.1) is 0 Å². The molecule has 0 aromatic heterocycles. The minimum atomic E-state index is -0.135. The molecule has 1 N–H and O–H groups in total. The number of amides is 2. The smallest absolute Gasteiger partial charge is 0.251 e. The Hall–Kier alpha value is -3.14. The molecule has 0 aliphatic carbocycles. The second kappa shape index (κ2) is 7.23. The van der Waals surface area contributed by atoms with Gasteiger partial charge < -0.3 is 10.2 Å². The van der Waals surface area contributed by atoms with Crippen molar-refractivity contribution in [2.45, 2.75) is 25.8 Å². The van der Waals surface area contributed by atoms with E-state index in [1.807, 2.05) is 43.3 Å². The van der Waals surface area contributed by atoms with Crippen molar-refractivity contribution in [3.8, 4) is 0 Å². The number of hydrogen-bond acceptors (Lipinski definition) is 2. The molecular formula is C23H22N2O2. The molecule has 1 saturated heterocycles. The molecule has 2 amide bonds. The van der Waals surface area contributed by atoms with Crippen molar-refractivity contribution >= 4 is 28.3 Å². The molecule has 4 rings (SSSR count). The summed E-state index contributed by atoms with van der Waals surface area (Å²) in [4.78, 5) is 26.5. The monoisotopic (exact) mass is 358 g/mol. The molecule has 1 heterocycles. The molecule has 1 aliphatic rings. The van der Waals surface area contributed by atoms with Gasteiger partial charge in [0.15, 0.2) is 0 Å². The Labute approximate surface area is 158 Å². The highest BCUT2D eigenvalue weighted by Crippen LogP contribution is 2.25. The summed E-state index contributed by atoms with van der Waals surface area (Å²) in [6.45, 7) is 2.71. The second-order valence-electron chi connectivity index (χ2n) is 6.96. The van der Waals surface area contributed by atoms with Crippen LogP contribution in [0.5, 0.6) is 0 Å². The fourth-order valence-corrected chi connectivity index (χ4v) is 3.72. The lowest BCUT2D eigenvalue weighted by Crippen LogP contribution is -2.28. The van der Waals surface area contributed by atoms with Gasteiger partial charge in [0.2, 0.25) is 5.91 Å². The molecule has 4 heteroatoms. The zero-order chi connectivity index (χ0) is 18.8. The van der Waals surface area contributed by atoms with Crippen molar-refractivity contribution in [3.63, 3.8) is 0 Å². The Morgan fingerprint density at radius 1 is 1.04 bits per heavy atom. The number of carbonyl (C=O) groups excluding carboxylic acids is 2. The van der Waals surface area contributed by atoms with E-state index in [1.165, 1.54) is 0 Å². The third kappa shape index (κ3) is 3.43. The molecule has 136 valence electrons. The molecule has 3 aromatic rings. The molecule has 1 fully saturated rings. The average molecular weight is 358 g/mol. The molecular weight excluding hydrogens is 336 g/mol. The summed E-state index contributed by atoms with van der Waals surface area (Å²) in [6, 6.07) is 21.5. The van der Waals surface area contributed by atoms with Crippen molar-refractivity contribution in [2.75, 3.05) is 11.4 Å². The molecule has 1 atom stereocenters. The van der Waals surface area contributed by atoms with Crippen LogP contribution in [-0.2, 0) is 4.79 Å². The van der Waals surface area contributed by atoms with Crippen molar-refractivity contribution < 1.29 is 9.59 Å². The van der Waals surface area contributed by atoms with E-state index < -0.39 is 0 Å². The first-order chi connectivity index (χ1) is 13.1. The van der Waals surface area contributed by atoms with Gasteiger partial charge in [-0.3, -0.25) is 9.59 Å². The minimum Gasteiger partial charge on any atom is -0.345 e. The molecule has 0 saturated carbocycles. The zero-order valence-corrected chi connectivity index (χ0v) is 15.3. The van der Waals surface area contributed by atoms with Crippen LogP contribution in [0.3, 0.4) is 0 Å². The summed E-state index contributed by atoms with van der Waals surface area (Å²) in [5.74, 6) is -0.0133. The van der Waals surface area contributed by atoms with Crippen LogP contribution in [0.25, 0.3) is 10.8 Å². The quantitative estimate of drug-likeness (QED) is 0.749. The van der Waals surface area contributed by atoms with E-state index in [9.17, 15) is 9.59 Å². The van der Waals surface area contributed by atoms with Gasteiger partial charge in [0.05, 0.1) is 6.04 Å². The number of benzene rings is 3. The minimum absolute atomic E-state index is 0.122. The Kier molecular flexibility index (Phi) is 4.63. The normalized spacial score (nSPS) is 15.1. The molecule has 1 aliphatic heterocycles. The number of nitrogens with one attached hydrogen (secondary N) is 1. The van der Waals surface area contributed by atoms with Gasteiger partial charge >= 0.3 is 0 Å². The van der Waals surface area contributed by atoms with Crippen LogP contribution in [0, 0.1) is 0 Å². The van der Waals surface area contributed by atoms with Crippen LogP contribution in [-0.4, -0.2) is 18.4 Å². The SMILES string of the molecule is CC(NC(=O)c1cccc(N2CCCC2=O)c1)c1cccc2ccccc12. The van der Waals surface area contributed by atoms with Gasteiger partial charge in [0, 0.05) is 24.2 Å². The number of hydrogen-bond donors (Lipinski definition) is 1. The van der Waals surface area contributed by atoms with Crippen molar-refractivity contribution in [1.82, 2.24) is 5.32 Å². The first-order valence-corrected chi connectivity index (χ1v) is 9.32. The van der Waals surface area contributed by atoms with Gasteiger partial charge in [-0.25, -0.2) is 0 Å². The van der Waals surface area contributed by atoms with Crippen LogP contribution >= 0.6 is 0 Å². The Morgan fingerprint density at radius 3 is 2.63 bits per heavy atom. The van der Waals surface area contributed by atoms with E-state index in [4.69, 9.17) is 0 Å². The van der Waals surface area contributed by atoms with Gasteiger partial charge in [0.25, 0.3) is 5.91 Å². The highest BCUT2D eigenvalue weighted by molar-refractivity contribution is 5.99. The molecule has 27 heavy (non-hydrogen) atoms. The van der Waals surface area contributed by atoms with Gasteiger partial charge in [-0.1, -0.05) is 48.5 Å². The standard InChI is InChI=1S/C23H22N2O2/c1-16(20-12-5-8-17-7-2-3-11-21(17)20)24-23(27)18-9-4-10-19(15-18)25-14-6-13-22(25)26/h2-5,7-12,15-16H,6,13-14H2,1H3,(H,24,27). The van der Waals surface area contributed by atoms with E-state index in [2.05, 4.69) is 23.5 Å². The Balaban J connectivity index is 1.56. The average Bonchev–Trinajstić information content (AvgIpc) is 3.13. The van der Waals surface area contributed by atoms with Crippen LogP contribution in [0.2, 0.25) is 0 Å². The van der Waals surface area contributed by atoms with E-state index in [1.54, 1.807) is 17.0 Å². The van der Waals surface area contributed by atoms with Gasteiger partial charge in [-0.2, -0.15) is 0 Å². The maximum absolute atomic E-state index is 12.8. The summed E-state index contributed by atoms with van der Waals surface area (Å²) >= 11 is 0. The third-order valence-electron chi connectivity index (χ3n) is 5.13. The van der Waals surface area contributed by atoms with E-state index >= 15 is 0 Å². The predicted octanol–water partition coefficient (Wildman–Crippen LogP) is 4.46. The van der Waals surface area contributed by atoms with Crippen LogP contribution < -0.4 is 10.2 Å². The lowest BCUT2D eigenvalue weighted by molar-refractivity contribution is -0.117. The van der Waals surface area contributed by atoms with Crippen LogP contribution in [0.1, 0.15) is 41.7 Å². The molecule has 0 radical (unpaired) electrons. The predicted molar refractivity (Wildman–Crippen MR) is 108 cm³/mol. The summed E-state index contributed by atoms with van der Waals surface area (Å²) in [6.07, 6.45) is 1.45. The van der Waals surface area contributed by atoms with E-state index in [-0.39, 0.29) is 17.9 Å². The number of fused-ring (bicyclic) bond motifs is 1. The fraction of sp³-hybridized carbons (Fsp3) is 0.217. The summed E-state index contributed by atoms with van der Waals surface area (Å²) < 4.78 is 0. The lowest BCUT2D eigenvalue weighted by atomic mass is 9.99. The zero-order valence-electron chi connectivity index (χ0n) is 15.3. The maximum Gasteiger partial charge on any atom is 0.251 e. The Bertz CT molecular complexity index is 1010. The van der Waals surface area contributed by atoms with E-state index in [0.29, 0.717) is 12.0 Å². The van der Waals surface area contributed by atoms with Crippen molar-refractivity contribution in [2.24, 2.45) is 0 Å².